The zero-order valence-electron chi connectivity index (χ0n) is 11.2. The van der Waals surface area contributed by atoms with E-state index in [0.29, 0.717) is 6.04 Å². The third kappa shape index (κ3) is 3.09. The molecule has 0 amide bonds. The summed E-state index contributed by atoms with van der Waals surface area (Å²) in [6.45, 7) is 7.09. The van der Waals surface area contributed by atoms with Crippen molar-refractivity contribution >= 4 is 5.65 Å². The summed E-state index contributed by atoms with van der Waals surface area (Å²) in [5, 5.41) is 0. The molecule has 2 aromatic rings. The van der Waals surface area contributed by atoms with Crippen LogP contribution in [0.5, 0.6) is 0 Å². The highest BCUT2D eigenvalue weighted by Crippen LogP contribution is 2.10. The number of pyridine rings is 1. The molecule has 0 aliphatic carbocycles. The van der Waals surface area contributed by atoms with E-state index >= 15 is 0 Å². The Morgan fingerprint density at radius 1 is 1.39 bits per heavy atom. The van der Waals surface area contributed by atoms with Gasteiger partial charge in [-0.3, -0.25) is 4.90 Å². The summed E-state index contributed by atoms with van der Waals surface area (Å²) in [5.41, 5.74) is 7.71. The maximum atomic E-state index is 5.59. The molecule has 0 atom stereocenters. The molecule has 0 spiro atoms. The van der Waals surface area contributed by atoms with Gasteiger partial charge in [-0.1, -0.05) is 6.07 Å². The molecule has 4 nitrogen and oxygen atoms in total. The van der Waals surface area contributed by atoms with Crippen LogP contribution in [0.15, 0.2) is 30.6 Å². The lowest BCUT2D eigenvalue weighted by molar-refractivity contribution is 0.209. The van der Waals surface area contributed by atoms with E-state index in [1.54, 1.807) is 0 Å². The fourth-order valence-corrected chi connectivity index (χ4v) is 2.09. The number of nitrogens with zero attached hydrogens (tertiary/aromatic N) is 3. The fraction of sp³-hybridized carbons (Fsp3) is 0.500. The van der Waals surface area contributed by atoms with Gasteiger partial charge in [-0.25, -0.2) is 4.98 Å². The number of hydrogen-bond donors (Lipinski definition) is 1. The summed E-state index contributed by atoms with van der Waals surface area (Å²) in [7, 11) is 0. The van der Waals surface area contributed by atoms with Crippen molar-refractivity contribution in [3.8, 4) is 0 Å². The van der Waals surface area contributed by atoms with Gasteiger partial charge < -0.3 is 10.1 Å². The Morgan fingerprint density at radius 2 is 2.22 bits per heavy atom. The summed E-state index contributed by atoms with van der Waals surface area (Å²) in [4.78, 5) is 7.04. The van der Waals surface area contributed by atoms with Crippen LogP contribution < -0.4 is 5.73 Å². The van der Waals surface area contributed by atoms with E-state index in [9.17, 15) is 0 Å². The molecule has 2 heterocycles. The van der Waals surface area contributed by atoms with Gasteiger partial charge >= 0.3 is 0 Å². The molecule has 98 valence electrons. The first-order valence-electron chi connectivity index (χ1n) is 6.57. The van der Waals surface area contributed by atoms with Gasteiger partial charge in [-0.05, 0) is 38.9 Å². The first kappa shape index (κ1) is 13.1. The lowest BCUT2D eigenvalue weighted by atomic mass is 10.2. The van der Waals surface area contributed by atoms with E-state index in [1.165, 1.54) is 0 Å². The number of aromatic nitrogens is 2. The number of hydrogen-bond acceptors (Lipinski definition) is 3. The van der Waals surface area contributed by atoms with E-state index in [0.717, 1.165) is 37.4 Å². The van der Waals surface area contributed by atoms with E-state index in [-0.39, 0.29) is 0 Å². The van der Waals surface area contributed by atoms with Gasteiger partial charge in [-0.15, -0.1) is 0 Å². The van der Waals surface area contributed by atoms with Gasteiger partial charge in [0.25, 0.3) is 0 Å². The minimum atomic E-state index is 0.515. The van der Waals surface area contributed by atoms with Crippen LogP contribution in [0.4, 0.5) is 0 Å². The molecule has 0 saturated carbocycles. The minimum absolute atomic E-state index is 0.515. The van der Waals surface area contributed by atoms with Crippen LogP contribution in [0, 0.1) is 0 Å². The quantitative estimate of drug-likeness (QED) is 0.846. The van der Waals surface area contributed by atoms with Crippen molar-refractivity contribution in [2.45, 2.75) is 32.9 Å². The summed E-state index contributed by atoms with van der Waals surface area (Å²) >= 11 is 0. The maximum Gasteiger partial charge on any atom is 0.137 e. The molecule has 0 bridgehead atoms. The highest BCUT2D eigenvalue weighted by Gasteiger charge is 2.11. The average Bonchev–Trinajstić information content (AvgIpc) is 2.76. The molecule has 0 unspecified atom stereocenters. The Kier molecular flexibility index (Phi) is 4.33. The lowest BCUT2D eigenvalue weighted by Crippen LogP contribution is -2.32. The second-order valence-corrected chi connectivity index (χ2v) is 4.90. The minimum Gasteiger partial charge on any atom is -0.330 e. The molecule has 2 rings (SSSR count). The molecule has 2 aromatic heterocycles. The van der Waals surface area contributed by atoms with Crippen molar-refractivity contribution in [1.82, 2.24) is 14.3 Å². The summed E-state index contributed by atoms with van der Waals surface area (Å²) in [6, 6.07) is 6.58. The number of rotatable bonds is 6. The molecular weight excluding hydrogens is 224 g/mol. The summed E-state index contributed by atoms with van der Waals surface area (Å²) < 4.78 is 2.07. The molecule has 0 aromatic carbocycles. The lowest BCUT2D eigenvalue weighted by Gasteiger charge is -2.25. The second kappa shape index (κ2) is 5.98. The Labute approximate surface area is 108 Å². The van der Waals surface area contributed by atoms with Crippen LogP contribution in [-0.4, -0.2) is 33.4 Å². The molecule has 0 saturated heterocycles. The molecule has 2 N–H and O–H groups in total. The smallest absolute Gasteiger partial charge is 0.137 e. The van der Waals surface area contributed by atoms with Crippen molar-refractivity contribution in [1.29, 1.82) is 0 Å². The molecule has 0 aliphatic heterocycles. The summed E-state index contributed by atoms with van der Waals surface area (Å²) in [6.07, 6.45) is 5.17. The van der Waals surface area contributed by atoms with E-state index in [4.69, 9.17) is 5.73 Å². The normalized spacial score (nSPS) is 11.8. The summed E-state index contributed by atoms with van der Waals surface area (Å²) in [5.74, 6) is 0. The van der Waals surface area contributed by atoms with Crippen LogP contribution in [0.1, 0.15) is 26.0 Å². The highest BCUT2D eigenvalue weighted by atomic mass is 15.2. The van der Waals surface area contributed by atoms with Crippen molar-refractivity contribution in [3.63, 3.8) is 0 Å². The standard InChI is InChI=1S/C14H22N4/c1-12(2)17(9-5-7-15)10-13-11-18-8-4-3-6-14(18)16-13/h3-4,6,8,11-12H,5,7,9-10,15H2,1-2H3. The molecule has 0 aliphatic rings. The third-order valence-corrected chi connectivity index (χ3v) is 3.16. The van der Waals surface area contributed by atoms with Crippen molar-refractivity contribution < 1.29 is 0 Å². The van der Waals surface area contributed by atoms with Gasteiger partial charge in [0, 0.05) is 31.5 Å². The van der Waals surface area contributed by atoms with E-state index < -0.39 is 0 Å². The predicted molar refractivity (Wildman–Crippen MR) is 74.4 cm³/mol. The van der Waals surface area contributed by atoms with Crippen LogP contribution in [0.25, 0.3) is 5.65 Å². The zero-order valence-corrected chi connectivity index (χ0v) is 11.2. The van der Waals surface area contributed by atoms with Gasteiger partial charge in [0.15, 0.2) is 0 Å². The number of imidazole rings is 1. The molecule has 0 fully saturated rings. The van der Waals surface area contributed by atoms with Gasteiger partial charge in [0.1, 0.15) is 5.65 Å². The molecule has 4 heteroatoms. The monoisotopic (exact) mass is 246 g/mol. The Hall–Kier alpha value is -1.39. The highest BCUT2D eigenvalue weighted by molar-refractivity contribution is 5.39. The van der Waals surface area contributed by atoms with Crippen LogP contribution in [0.3, 0.4) is 0 Å². The molecule has 0 radical (unpaired) electrons. The first-order valence-corrected chi connectivity index (χ1v) is 6.57. The van der Waals surface area contributed by atoms with Crippen molar-refractivity contribution in [2.24, 2.45) is 5.73 Å². The van der Waals surface area contributed by atoms with Gasteiger partial charge in [0.2, 0.25) is 0 Å². The van der Waals surface area contributed by atoms with Gasteiger partial charge in [-0.2, -0.15) is 0 Å². The topological polar surface area (TPSA) is 46.6 Å². The maximum absolute atomic E-state index is 5.59. The second-order valence-electron chi connectivity index (χ2n) is 4.90. The van der Waals surface area contributed by atoms with Crippen LogP contribution >= 0.6 is 0 Å². The van der Waals surface area contributed by atoms with Crippen LogP contribution in [-0.2, 0) is 6.54 Å². The third-order valence-electron chi connectivity index (χ3n) is 3.16. The van der Waals surface area contributed by atoms with Crippen molar-refractivity contribution in [3.05, 3.63) is 36.3 Å². The molecular formula is C14H22N4. The van der Waals surface area contributed by atoms with Gasteiger partial charge in [0.05, 0.1) is 5.69 Å². The molecule has 18 heavy (non-hydrogen) atoms. The first-order chi connectivity index (χ1) is 8.70. The van der Waals surface area contributed by atoms with E-state index in [1.807, 2.05) is 24.4 Å². The van der Waals surface area contributed by atoms with Crippen LogP contribution in [0.2, 0.25) is 0 Å². The fourth-order valence-electron chi connectivity index (χ4n) is 2.09. The average molecular weight is 246 g/mol. The number of nitrogens with two attached hydrogens (primary N) is 1. The Morgan fingerprint density at radius 3 is 2.89 bits per heavy atom. The van der Waals surface area contributed by atoms with Crippen molar-refractivity contribution in [2.75, 3.05) is 13.1 Å². The SMILES string of the molecule is CC(C)N(CCCN)Cc1cn2ccccc2n1. The zero-order chi connectivity index (χ0) is 13.0. The largest absolute Gasteiger partial charge is 0.330 e. The Bertz CT molecular complexity index is 456. The predicted octanol–water partition coefficient (Wildman–Crippen LogP) is 1.89. The van der Waals surface area contributed by atoms with E-state index in [2.05, 4.69) is 34.3 Å². The number of fused-ring (bicyclic) bond motifs is 1. The Balaban J connectivity index is 2.10.